The summed E-state index contributed by atoms with van der Waals surface area (Å²) in [5, 5.41) is 10.2. The average Bonchev–Trinajstić information content (AvgIpc) is 2.44. The van der Waals surface area contributed by atoms with E-state index in [0.717, 1.165) is 5.56 Å². The number of halogens is 3. The predicted molar refractivity (Wildman–Crippen MR) is 83.6 cm³/mol. The summed E-state index contributed by atoms with van der Waals surface area (Å²) in [4.78, 5) is 0. The van der Waals surface area contributed by atoms with Gasteiger partial charge in [0.05, 0.1) is 11.1 Å². The van der Waals surface area contributed by atoms with Crippen molar-refractivity contribution in [1.29, 1.82) is 0 Å². The molecule has 1 N–H and O–H groups in total. The van der Waals surface area contributed by atoms with Gasteiger partial charge in [0.1, 0.15) is 5.82 Å². The van der Waals surface area contributed by atoms with Crippen LogP contribution in [0.5, 0.6) is 0 Å². The maximum atomic E-state index is 14.0. The quantitative estimate of drug-likeness (QED) is 0.744. The molecule has 0 heterocycles. The zero-order valence-electron chi connectivity index (χ0n) is 11.0. The molecule has 4 heteroatoms. The molecule has 0 aromatic heterocycles. The number of rotatable bonds is 4. The standard InChI is InChI=1S/C16H15BrClFO/c1-10-4-2-3-5-11(10)6-9-14(20)12-7-8-13(17)15(18)16(12)19/h2-5,7-8,14,20H,6,9H2,1H3. The van der Waals surface area contributed by atoms with Crippen molar-refractivity contribution in [2.45, 2.75) is 25.9 Å². The van der Waals surface area contributed by atoms with Crippen LogP contribution in [0.3, 0.4) is 0 Å². The van der Waals surface area contributed by atoms with Gasteiger partial charge in [-0.3, -0.25) is 0 Å². The first-order chi connectivity index (χ1) is 9.50. The van der Waals surface area contributed by atoms with E-state index in [0.29, 0.717) is 17.3 Å². The molecule has 0 aliphatic carbocycles. The van der Waals surface area contributed by atoms with Gasteiger partial charge in [0.2, 0.25) is 0 Å². The van der Waals surface area contributed by atoms with Crippen LogP contribution in [-0.2, 0) is 6.42 Å². The third-order valence-corrected chi connectivity index (χ3v) is 4.63. The molecular formula is C16H15BrClFO. The number of aliphatic hydroxyl groups excluding tert-OH is 1. The van der Waals surface area contributed by atoms with Crippen LogP contribution in [0.15, 0.2) is 40.9 Å². The summed E-state index contributed by atoms with van der Waals surface area (Å²) in [6.07, 6.45) is 0.293. The fourth-order valence-electron chi connectivity index (χ4n) is 2.14. The minimum atomic E-state index is -0.861. The Bertz CT molecular complexity index is 615. The highest BCUT2D eigenvalue weighted by Crippen LogP contribution is 2.32. The third kappa shape index (κ3) is 3.40. The molecule has 2 aromatic carbocycles. The first-order valence-corrected chi connectivity index (χ1v) is 7.53. The van der Waals surface area contributed by atoms with Crippen LogP contribution in [-0.4, -0.2) is 5.11 Å². The van der Waals surface area contributed by atoms with Crippen LogP contribution >= 0.6 is 27.5 Å². The second-order valence-corrected chi connectivity index (χ2v) is 5.98. The van der Waals surface area contributed by atoms with E-state index in [1.54, 1.807) is 12.1 Å². The molecule has 2 rings (SSSR count). The molecule has 1 atom stereocenters. The molecule has 0 spiro atoms. The molecule has 0 saturated heterocycles. The van der Waals surface area contributed by atoms with Gasteiger partial charge >= 0.3 is 0 Å². The van der Waals surface area contributed by atoms with Crippen molar-refractivity contribution in [3.8, 4) is 0 Å². The van der Waals surface area contributed by atoms with E-state index in [1.807, 2.05) is 31.2 Å². The zero-order chi connectivity index (χ0) is 14.7. The summed E-state index contributed by atoms with van der Waals surface area (Å²) in [6.45, 7) is 2.03. The molecule has 20 heavy (non-hydrogen) atoms. The summed E-state index contributed by atoms with van der Waals surface area (Å²) in [5.74, 6) is -0.557. The van der Waals surface area contributed by atoms with E-state index >= 15 is 0 Å². The van der Waals surface area contributed by atoms with Gasteiger partial charge in [0.15, 0.2) is 0 Å². The zero-order valence-corrected chi connectivity index (χ0v) is 13.4. The monoisotopic (exact) mass is 356 g/mol. The van der Waals surface area contributed by atoms with Crippen molar-refractivity contribution >= 4 is 27.5 Å². The number of hydrogen-bond acceptors (Lipinski definition) is 1. The molecule has 0 saturated carbocycles. The number of benzene rings is 2. The molecule has 0 aliphatic heterocycles. The lowest BCUT2D eigenvalue weighted by Gasteiger charge is -2.14. The SMILES string of the molecule is Cc1ccccc1CCC(O)c1ccc(Br)c(Cl)c1F. The predicted octanol–water partition coefficient (Wildman–Crippen LogP) is 5.22. The molecular weight excluding hydrogens is 343 g/mol. The number of aliphatic hydroxyl groups is 1. The van der Waals surface area contributed by atoms with Crippen LogP contribution in [0, 0.1) is 12.7 Å². The summed E-state index contributed by atoms with van der Waals surface area (Å²) in [5.41, 5.74) is 2.58. The summed E-state index contributed by atoms with van der Waals surface area (Å²) >= 11 is 9.00. The van der Waals surface area contributed by atoms with Gasteiger partial charge in [0, 0.05) is 10.0 Å². The Morgan fingerprint density at radius 3 is 2.65 bits per heavy atom. The molecule has 0 aliphatic rings. The maximum absolute atomic E-state index is 14.0. The van der Waals surface area contributed by atoms with E-state index in [4.69, 9.17) is 11.6 Å². The number of aryl methyl sites for hydroxylation is 2. The van der Waals surface area contributed by atoms with Crippen LogP contribution in [0.25, 0.3) is 0 Å². The average molecular weight is 358 g/mol. The smallest absolute Gasteiger partial charge is 0.148 e. The summed E-state index contributed by atoms with van der Waals surface area (Å²) in [6, 6.07) is 11.2. The molecule has 0 radical (unpaired) electrons. The van der Waals surface area contributed by atoms with Gasteiger partial charge < -0.3 is 5.11 Å². The Balaban J connectivity index is 2.11. The van der Waals surface area contributed by atoms with E-state index in [-0.39, 0.29) is 10.6 Å². The highest BCUT2D eigenvalue weighted by atomic mass is 79.9. The highest BCUT2D eigenvalue weighted by Gasteiger charge is 2.17. The molecule has 1 nitrogen and oxygen atoms in total. The van der Waals surface area contributed by atoms with Gasteiger partial charge in [-0.1, -0.05) is 41.9 Å². The van der Waals surface area contributed by atoms with E-state index in [9.17, 15) is 9.50 Å². The second kappa shape index (κ2) is 6.70. The third-order valence-electron chi connectivity index (χ3n) is 3.37. The molecule has 0 fully saturated rings. The van der Waals surface area contributed by atoms with Crippen molar-refractivity contribution in [2.24, 2.45) is 0 Å². The van der Waals surface area contributed by atoms with E-state index < -0.39 is 11.9 Å². The lowest BCUT2D eigenvalue weighted by atomic mass is 9.98. The minimum Gasteiger partial charge on any atom is -0.388 e. The van der Waals surface area contributed by atoms with Crippen molar-refractivity contribution in [3.63, 3.8) is 0 Å². The van der Waals surface area contributed by atoms with Gasteiger partial charge in [-0.2, -0.15) is 0 Å². The molecule has 0 amide bonds. The van der Waals surface area contributed by atoms with Crippen LogP contribution in [0.2, 0.25) is 5.02 Å². The largest absolute Gasteiger partial charge is 0.388 e. The maximum Gasteiger partial charge on any atom is 0.148 e. The minimum absolute atomic E-state index is 0.0115. The van der Waals surface area contributed by atoms with Crippen molar-refractivity contribution < 1.29 is 9.50 Å². The Labute approximate surface area is 131 Å². The van der Waals surface area contributed by atoms with Crippen LogP contribution < -0.4 is 0 Å². The van der Waals surface area contributed by atoms with Gasteiger partial charge in [-0.25, -0.2) is 4.39 Å². The molecule has 1 unspecified atom stereocenters. The van der Waals surface area contributed by atoms with Gasteiger partial charge in [-0.15, -0.1) is 0 Å². The Hall–Kier alpha value is -0.900. The van der Waals surface area contributed by atoms with Crippen LogP contribution in [0.4, 0.5) is 4.39 Å². The van der Waals surface area contributed by atoms with Crippen molar-refractivity contribution in [2.75, 3.05) is 0 Å². The number of hydrogen-bond donors (Lipinski definition) is 1. The van der Waals surface area contributed by atoms with Crippen molar-refractivity contribution in [3.05, 3.63) is 68.4 Å². The van der Waals surface area contributed by atoms with Crippen molar-refractivity contribution in [1.82, 2.24) is 0 Å². The first kappa shape index (κ1) is 15.5. The Kier molecular flexibility index (Phi) is 5.19. The first-order valence-electron chi connectivity index (χ1n) is 6.36. The van der Waals surface area contributed by atoms with E-state index in [2.05, 4.69) is 15.9 Å². The highest BCUT2D eigenvalue weighted by molar-refractivity contribution is 9.10. The lowest BCUT2D eigenvalue weighted by Crippen LogP contribution is -2.04. The Morgan fingerprint density at radius 1 is 1.25 bits per heavy atom. The second-order valence-electron chi connectivity index (χ2n) is 4.75. The summed E-state index contributed by atoms with van der Waals surface area (Å²) in [7, 11) is 0. The normalized spacial score (nSPS) is 12.4. The molecule has 0 bridgehead atoms. The topological polar surface area (TPSA) is 20.2 Å². The fourth-order valence-corrected chi connectivity index (χ4v) is 2.61. The molecule has 106 valence electrons. The van der Waals surface area contributed by atoms with Crippen LogP contribution in [0.1, 0.15) is 29.2 Å². The fraction of sp³-hybridized carbons (Fsp3) is 0.250. The lowest BCUT2D eigenvalue weighted by molar-refractivity contribution is 0.163. The Morgan fingerprint density at radius 2 is 1.95 bits per heavy atom. The van der Waals surface area contributed by atoms with Gasteiger partial charge in [-0.05, 0) is 52.9 Å². The summed E-state index contributed by atoms with van der Waals surface area (Å²) < 4.78 is 14.5. The molecule has 2 aromatic rings. The van der Waals surface area contributed by atoms with Gasteiger partial charge in [0.25, 0.3) is 0 Å². The van der Waals surface area contributed by atoms with E-state index in [1.165, 1.54) is 5.56 Å².